The molecule has 0 aliphatic rings. The van der Waals surface area contributed by atoms with Crippen molar-refractivity contribution < 1.29 is 0 Å². The van der Waals surface area contributed by atoms with Gasteiger partial charge in [0.1, 0.15) is 0 Å². The maximum atomic E-state index is 4.87. The molecule has 0 spiro atoms. The maximum Gasteiger partial charge on any atom is 0.160 e. The zero-order chi connectivity index (χ0) is 18.8. The standard InChI is InChI=1S/C25H22N2/c1-17-4-10-20(11-5-17)23-16-24(21-12-6-18(2)7-13-21)27-25(26-23)22-14-8-19(3)9-15-22/h4-16H,1-3H3. The Hall–Kier alpha value is -3.26. The highest BCUT2D eigenvalue weighted by atomic mass is 14.9. The van der Waals surface area contributed by atoms with Crippen LogP contribution in [0.25, 0.3) is 33.9 Å². The summed E-state index contributed by atoms with van der Waals surface area (Å²) in [5.41, 5.74) is 8.83. The largest absolute Gasteiger partial charge is 0.228 e. The van der Waals surface area contributed by atoms with Gasteiger partial charge in [0.2, 0.25) is 0 Å². The molecular weight excluding hydrogens is 328 g/mol. The van der Waals surface area contributed by atoms with Gasteiger partial charge in [-0.15, -0.1) is 0 Å². The van der Waals surface area contributed by atoms with E-state index >= 15 is 0 Å². The first-order valence-electron chi connectivity index (χ1n) is 9.19. The summed E-state index contributed by atoms with van der Waals surface area (Å²) in [6.45, 7) is 6.28. The molecule has 0 amide bonds. The number of benzene rings is 3. The van der Waals surface area contributed by atoms with Crippen LogP contribution in [0.5, 0.6) is 0 Å². The third-order valence-corrected chi connectivity index (χ3v) is 4.73. The Morgan fingerprint density at radius 1 is 0.444 bits per heavy atom. The van der Waals surface area contributed by atoms with Crippen molar-refractivity contribution in [1.29, 1.82) is 0 Å². The lowest BCUT2D eigenvalue weighted by Crippen LogP contribution is -1.96. The molecule has 3 aromatic carbocycles. The van der Waals surface area contributed by atoms with Crippen LogP contribution in [0.15, 0.2) is 78.9 Å². The van der Waals surface area contributed by atoms with Crippen molar-refractivity contribution in [2.24, 2.45) is 0 Å². The lowest BCUT2D eigenvalue weighted by Gasteiger charge is -2.10. The minimum absolute atomic E-state index is 0.753. The van der Waals surface area contributed by atoms with Gasteiger partial charge < -0.3 is 0 Å². The van der Waals surface area contributed by atoms with Crippen LogP contribution in [-0.2, 0) is 0 Å². The van der Waals surface area contributed by atoms with Gasteiger partial charge in [0.05, 0.1) is 11.4 Å². The van der Waals surface area contributed by atoms with E-state index in [4.69, 9.17) is 9.97 Å². The van der Waals surface area contributed by atoms with Crippen molar-refractivity contribution in [3.8, 4) is 33.9 Å². The molecule has 0 atom stereocenters. The van der Waals surface area contributed by atoms with E-state index in [0.29, 0.717) is 0 Å². The van der Waals surface area contributed by atoms with Gasteiger partial charge in [0.15, 0.2) is 5.82 Å². The normalized spacial score (nSPS) is 10.8. The van der Waals surface area contributed by atoms with Gasteiger partial charge in [-0.3, -0.25) is 0 Å². The predicted octanol–water partition coefficient (Wildman–Crippen LogP) is 6.40. The molecule has 0 aliphatic carbocycles. The summed E-state index contributed by atoms with van der Waals surface area (Å²) < 4.78 is 0. The van der Waals surface area contributed by atoms with Crippen molar-refractivity contribution in [3.05, 3.63) is 95.6 Å². The molecule has 0 saturated heterocycles. The van der Waals surface area contributed by atoms with Crippen LogP contribution in [0.3, 0.4) is 0 Å². The van der Waals surface area contributed by atoms with Crippen molar-refractivity contribution in [3.63, 3.8) is 0 Å². The van der Waals surface area contributed by atoms with Crippen LogP contribution in [0, 0.1) is 20.8 Å². The van der Waals surface area contributed by atoms with Crippen LogP contribution >= 0.6 is 0 Å². The number of nitrogens with zero attached hydrogens (tertiary/aromatic N) is 2. The molecular formula is C25H22N2. The summed E-state index contributed by atoms with van der Waals surface area (Å²) in [6, 6.07) is 27.4. The second-order valence-electron chi connectivity index (χ2n) is 7.06. The predicted molar refractivity (Wildman–Crippen MR) is 113 cm³/mol. The van der Waals surface area contributed by atoms with E-state index in [0.717, 1.165) is 33.9 Å². The topological polar surface area (TPSA) is 25.8 Å². The van der Waals surface area contributed by atoms with Crippen molar-refractivity contribution in [2.75, 3.05) is 0 Å². The smallest absolute Gasteiger partial charge is 0.160 e. The Labute approximate surface area is 160 Å². The molecule has 4 aromatic rings. The second kappa shape index (κ2) is 7.16. The minimum Gasteiger partial charge on any atom is -0.228 e. The molecule has 0 N–H and O–H groups in total. The highest BCUT2D eigenvalue weighted by molar-refractivity contribution is 5.72. The van der Waals surface area contributed by atoms with E-state index in [1.54, 1.807) is 0 Å². The van der Waals surface area contributed by atoms with Crippen LogP contribution in [0.1, 0.15) is 16.7 Å². The summed E-state index contributed by atoms with van der Waals surface area (Å²) in [7, 11) is 0. The Bertz CT molecular complexity index is 907. The molecule has 132 valence electrons. The molecule has 0 radical (unpaired) electrons. The summed E-state index contributed by atoms with van der Waals surface area (Å²) >= 11 is 0. The van der Waals surface area contributed by atoms with Gasteiger partial charge in [-0.25, -0.2) is 9.97 Å². The van der Waals surface area contributed by atoms with Crippen molar-refractivity contribution >= 4 is 0 Å². The van der Waals surface area contributed by atoms with Crippen molar-refractivity contribution in [1.82, 2.24) is 9.97 Å². The zero-order valence-corrected chi connectivity index (χ0v) is 15.9. The van der Waals surface area contributed by atoms with Gasteiger partial charge >= 0.3 is 0 Å². The first-order chi connectivity index (χ1) is 13.1. The molecule has 27 heavy (non-hydrogen) atoms. The van der Waals surface area contributed by atoms with Crippen LogP contribution in [0.2, 0.25) is 0 Å². The van der Waals surface area contributed by atoms with Gasteiger partial charge in [-0.1, -0.05) is 89.5 Å². The zero-order valence-electron chi connectivity index (χ0n) is 15.9. The van der Waals surface area contributed by atoms with E-state index in [1.807, 2.05) is 0 Å². The number of rotatable bonds is 3. The van der Waals surface area contributed by atoms with E-state index in [1.165, 1.54) is 16.7 Å². The summed E-state index contributed by atoms with van der Waals surface area (Å²) in [4.78, 5) is 9.73. The molecule has 0 bridgehead atoms. The molecule has 0 unspecified atom stereocenters. The third kappa shape index (κ3) is 3.80. The minimum atomic E-state index is 0.753. The average molecular weight is 350 g/mol. The lowest BCUT2D eigenvalue weighted by atomic mass is 10.0. The lowest BCUT2D eigenvalue weighted by molar-refractivity contribution is 1.18. The Kier molecular flexibility index (Phi) is 4.55. The molecule has 4 rings (SSSR count). The molecule has 0 saturated carbocycles. The van der Waals surface area contributed by atoms with Crippen molar-refractivity contribution in [2.45, 2.75) is 20.8 Å². The quantitative estimate of drug-likeness (QED) is 0.427. The molecule has 0 fully saturated rings. The van der Waals surface area contributed by atoms with E-state index < -0.39 is 0 Å². The number of aromatic nitrogens is 2. The van der Waals surface area contributed by atoms with E-state index in [9.17, 15) is 0 Å². The van der Waals surface area contributed by atoms with Crippen LogP contribution < -0.4 is 0 Å². The fourth-order valence-electron chi connectivity index (χ4n) is 3.02. The van der Waals surface area contributed by atoms with E-state index in [-0.39, 0.29) is 0 Å². The Morgan fingerprint density at radius 3 is 1.15 bits per heavy atom. The van der Waals surface area contributed by atoms with E-state index in [2.05, 4.69) is 99.6 Å². The monoisotopic (exact) mass is 350 g/mol. The molecule has 2 nitrogen and oxygen atoms in total. The average Bonchev–Trinajstić information content (AvgIpc) is 2.69. The second-order valence-corrected chi connectivity index (χ2v) is 7.06. The Morgan fingerprint density at radius 2 is 0.778 bits per heavy atom. The molecule has 1 heterocycles. The van der Waals surface area contributed by atoms with Gasteiger partial charge in [0.25, 0.3) is 0 Å². The highest BCUT2D eigenvalue weighted by Gasteiger charge is 2.10. The maximum absolute atomic E-state index is 4.87. The molecule has 2 heteroatoms. The van der Waals surface area contributed by atoms with Crippen LogP contribution in [0.4, 0.5) is 0 Å². The Balaban J connectivity index is 1.89. The first kappa shape index (κ1) is 17.2. The number of hydrogen-bond acceptors (Lipinski definition) is 2. The van der Waals surface area contributed by atoms with Crippen LogP contribution in [-0.4, -0.2) is 9.97 Å². The number of hydrogen-bond donors (Lipinski definition) is 0. The summed E-state index contributed by atoms with van der Waals surface area (Å²) in [6.07, 6.45) is 0. The van der Waals surface area contributed by atoms with Gasteiger partial charge in [-0.2, -0.15) is 0 Å². The fraction of sp³-hybridized carbons (Fsp3) is 0.120. The molecule has 1 aromatic heterocycles. The number of aryl methyl sites for hydroxylation is 3. The third-order valence-electron chi connectivity index (χ3n) is 4.73. The molecule has 0 aliphatic heterocycles. The first-order valence-corrected chi connectivity index (χ1v) is 9.19. The fourth-order valence-corrected chi connectivity index (χ4v) is 3.02. The van der Waals surface area contributed by atoms with Gasteiger partial charge in [-0.05, 0) is 26.8 Å². The van der Waals surface area contributed by atoms with Gasteiger partial charge in [0, 0.05) is 16.7 Å². The summed E-state index contributed by atoms with van der Waals surface area (Å²) in [5, 5.41) is 0. The summed E-state index contributed by atoms with van der Waals surface area (Å²) in [5.74, 6) is 0.753. The highest BCUT2D eigenvalue weighted by Crippen LogP contribution is 2.28. The SMILES string of the molecule is Cc1ccc(-c2cc(-c3ccc(C)cc3)nc(-c3ccc(C)cc3)n2)cc1.